The van der Waals surface area contributed by atoms with Gasteiger partial charge in [-0.2, -0.15) is 0 Å². The fraction of sp³-hybridized carbons (Fsp3) is 0.579. The molecule has 2 amide bonds. The van der Waals surface area contributed by atoms with Gasteiger partial charge in [0.1, 0.15) is 6.61 Å². The first kappa shape index (κ1) is 19.4. The van der Waals surface area contributed by atoms with Crippen LogP contribution >= 0.6 is 0 Å². The van der Waals surface area contributed by atoms with Crippen molar-refractivity contribution >= 4 is 11.8 Å². The van der Waals surface area contributed by atoms with E-state index in [1.165, 1.54) is 12.7 Å². The fourth-order valence-corrected chi connectivity index (χ4v) is 3.02. The first-order valence-electron chi connectivity index (χ1n) is 8.84. The number of nitrogens with one attached hydrogen (secondary N) is 1. The third-order valence-electron chi connectivity index (χ3n) is 4.53. The Morgan fingerprint density at radius 1 is 1.16 bits per heavy atom. The summed E-state index contributed by atoms with van der Waals surface area (Å²) in [4.78, 5) is 28.2. The normalized spacial score (nSPS) is 17.0. The number of hydrogen-bond acceptors (Lipinski definition) is 4. The van der Waals surface area contributed by atoms with Gasteiger partial charge in [-0.3, -0.25) is 14.5 Å². The number of carbonyl (C=O) groups excluding carboxylic acids is 2. The lowest BCUT2D eigenvalue weighted by molar-refractivity contribution is -0.135. The zero-order valence-corrected chi connectivity index (χ0v) is 15.5. The van der Waals surface area contributed by atoms with Gasteiger partial charge < -0.3 is 15.0 Å². The van der Waals surface area contributed by atoms with Gasteiger partial charge in [-0.05, 0) is 25.8 Å². The van der Waals surface area contributed by atoms with E-state index in [9.17, 15) is 9.59 Å². The summed E-state index contributed by atoms with van der Waals surface area (Å²) in [6.45, 7) is 7.42. The average molecular weight is 347 g/mol. The third kappa shape index (κ3) is 6.14. The standard InChI is InChI=1S/C19H29N3O3/c1-15-5-7-17(8-6-15)16(2)20-18(23)13-21-9-4-10-22(12-11-21)19(24)14-25-3/h5-8,16H,4,9-14H2,1-3H3,(H,20,23)/t16-/m1/s1. The van der Waals surface area contributed by atoms with Crippen LogP contribution in [-0.4, -0.2) is 68.1 Å². The molecule has 2 rings (SSSR count). The maximum atomic E-state index is 12.3. The second-order valence-electron chi connectivity index (χ2n) is 6.64. The summed E-state index contributed by atoms with van der Waals surface area (Å²) < 4.78 is 4.91. The summed E-state index contributed by atoms with van der Waals surface area (Å²) in [5.74, 6) is 0.0338. The quantitative estimate of drug-likeness (QED) is 0.844. The van der Waals surface area contributed by atoms with Crippen molar-refractivity contribution in [3.63, 3.8) is 0 Å². The SMILES string of the molecule is COCC(=O)N1CCCN(CC(=O)N[C@H](C)c2ccc(C)cc2)CC1. The van der Waals surface area contributed by atoms with Crippen LogP contribution in [0, 0.1) is 6.92 Å². The molecule has 25 heavy (non-hydrogen) atoms. The van der Waals surface area contributed by atoms with Crippen LogP contribution in [0.3, 0.4) is 0 Å². The predicted octanol–water partition coefficient (Wildman–Crippen LogP) is 1.35. The Balaban J connectivity index is 1.80. The number of hydrogen-bond donors (Lipinski definition) is 1. The van der Waals surface area contributed by atoms with Gasteiger partial charge >= 0.3 is 0 Å². The van der Waals surface area contributed by atoms with E-state index in [4.69, 9.17) is 4.74 Å². The van der Waals surface area contributed by atoms with E-state index in [0.717, 1.165) is 25.1 Å². The van der Waals surface area contributed by atoms with Crippen LogP contribution in [0.4, 0.5) is 0 Å². The summed E-state index contributed by atoms with van der Waals surface area (Å²) in [5.41, 5.74) is 2.31. The van der Waals surface area contributed by atoms with Gasteiger partial charge in [0, 0.05) is 33.3 Å². The molecule has 6 nitrogen and oxygen atoms in total. The zero-order valence-electron chi connectivity index (χ0n) is 15.5. The Morgan fingerprint density at radius 3 is 2.56 bits per heavy atom. The maximum Gasteiger partial charge on any atom is 0.248 e. The number of methoxy groups -OCH3 is 1. The molecule has 0 bridgehead atoms. The maximum absolute atomic E-state index is 12.3. The van der Waals surface area contributed by atoms with Crippen LogP contribution in [0.15, 0.2) is 24.3 Å². The average Bonchev–Trinajstić information content (AvgIpc) is 2.81. The van der Waals surface area contributed by atoms with Crippen LogP contribution in [0.5, 0.6) is 0 Å². The highest BCUT2D eigenvalue weighted by molar-refractivity contribution is 5.79. The summed E-state index contributed by atoms with van der Waals surface area (Å²) in [6.07, 6.45) is 0.871. The molecule has 0 spiro atoms. The molecule has 1 heterocycles. The molecule has 6 heteroatoms. The van der Waals surface area contributed by atoms with Gasteiger partial charge in [-0.25, -0.2) is 0 Å². The van der Waals surface area contributed by atoms with Crippen LogP contribution in [-0.2, 0) is 14.3 Å². The van der Waals surface area contributed by atoms with Gasteiger partial charge in [0.15, 0.2) is 0 Å². The monoisotopic (exact) mass is 347 g/mol. The highest BCUT2D eigenvalue weighted by atomic mass is 16.5. The van der Waals surface area contributed by atoms with Crippen LogP contribution in [0.1, 0.15) is 30.5 Å². The molecule has 0 aliphatic carbocycles. The number of rotatable bonds is 6. The molecule has 1 saturated heterocycles. The Labute approximate surface area is 150 Å². The van der Waals surface area contributed by atoms with Crippen molar-refractivity contribution in [2.24, 2.45) is 0 Å². The molecule has 138 valence electrons. The molecule has 1 aromatic rings. The van der Waals surface area contributed by atoms with Crippen LogP contribution in [0.25, 0.3) is 0 Å². The van der Waals surface area contributed by atoms with Crippen molar-refractivity contribution in [1.82, 2.24) is 15.1 Å². The summed E-state index contributed by atoms with van der Waals surface area (Å²) in [5, 5.41) is 3.06. The van der Waals surface area contributed by atoms with Gasteiger partial charge in [-0.1, -0.05) is 29.8 Å². The number of carbonyl (C=O) groups is 2. The van der Waals surface area contributed by atoms with Gasteiger partial charge in [0.05, 0.1) is 12.6 Å². The van der Waals surface area contributed by atoms with Crippen molar-refractivity contribution < 1.29 is 14.3 Å². The van der Waals surface area contributed by atoms with Crippen LogP contribution in [0.2, 0.25) is 0 Å². The summed E-state index contributed by atoms with van der Waals surface area (Å²) in [7, 11) is 1.53. The molecular weight excluding hydrogens is 318 g/mol. The first-order chi connectivity index (χ1) is 12.0. The lowest BCUT2D eigenvalue weighted by Crippen LogP contribution is -2.41. The molecule has 1 aliphatic heterocycles. The van der Waals surface area contributed by atoms with Gasteiger partial charge in [0.2, 0.25) is 11.8 Å². The number of nitrogens with zero attached hydrogens (tertiary/aromatic N) is 2. The molecule has 0 saturated carbocycles. The number of amides is 2. The van der Waals surface area contributed by atoms with E-state index in [-0.39, 0.29) is 24.5 Å². The highest BCUT2D eigenvalue weighted by Gasteiger charge is 2.20. The molecule has 1 N–H and O–H groups in total. The Bertz CT molecular complexity index is 574. The highest BCUT2D eigenvalue weighted by Crippen LogP contribution is 2.13. The van der Waals surface area contributed by atoms with E-state index < -0.39 is 0 Å². The van der Waals surface area contributed by atoms with E-state index in [1.54, 1.807) is 0 Å². The molecule has 1 atom stereocenters. The Morgan fingerprint density at radius 2 is 1.88 bits per heavy atom. The van der Waals surface area contributed by atoms with Crippen molar-refractivity contribution in [3.8, 4) is 0 Å². The molecule has 0 aromatic heterocycles. The zero-order chi connectivity index (χ0) is 18.2. The molecule has 1 aliphatic rings. The van der Waals surface area contributed by atoms with Crippen molar-refractivity contribution in [2.45, 2.75) is 26.3 Å². The van der Waals surface area contributed by atoms with E-state index >= 15 is 0 Å². The number of aryl methyl sites for hydroxylation is 1. The summed E-state index contributed by atoms with van der Waals surface area (Å²) in [6, 6.07) is 8.19. The second kappa shape index (κ2) is 9.53. The minimum Gasteiger partial charge on any atom is -0.375 e. The molecule has 1 aromatic carbocycles. The van der Waals surface area contributed by atoms with Crippen molar-refractivity contribution in [1.29, 1.82) is 0 Å². The van der Waals surface area contributed by atoms with Crippen molar-refractivity contribution in [3.05, 3.63) is 35.4 Å². The molecule has 0 radical (unpaired) electrons. The predicted molar refractivity (Wildman–Crippen MR) is 97.2 cm³/mol. The molecule has 0 unspecified atom stereocenters. The Hall–Kier alpha value is -1.92. The third-order valence-corrected chi connectivity index (χ3v) is 4.53. The van der Waals surface area contributed by atoms with E-state index in [1.807, 2.05) is 30.9 Å². The smallest absolute Gasteiger partial charge is 0.248 e. The topological polar surface area (TPSA) is 61.9 Å². The lowest BCUT2D eigenvalue weighted by Gasteiger charge is -2.22. The number of ether oxygens (including phenoxy) is 1. The minimum atomic E-state index is -0.0140. The van der Waals surface area contributed by atoms with E-state index in [2.05, 4.69) is 22.3 Å². The van der Waals surface area contributed by atoms with Crippen molar-refractivity contribution in [2.75, 3.05) is 46.4 Å². The second-order valence-corrected chi connectivity index (χ2v) is 6.64. The van der Waals surface area contributed by atoms with Gasteiger partial charge in [0.25, 0.3) is 0 Å². The number of benzene rings is 1. The summed E-state index contributed by atoms with van der Waals surface area (Å²) >= 11 is 0. The fourth-order valence-electron chi connectivity index (χ4n) is 3.02. The lowest BCUT2D eigenvalue weighted by atomic mass is 10.1. The molecular formula is C19H29N3O3. The van der Waals surface area contributed by atoms with E-state index in [0.29, 0.717) is 19.6 Å². The molecule has 1 fully saturated rings. The minimum absolute atomic E-state index is 0.0140. The first-order valence-corrected chi connectivity index (χ1v) is 8.84. The Kier molecular flexibility index (Phi) is 7.40. The largest absolute Gasteiger partial charge is 0.375 e. The van der Waals surface area contributed by atoms with Gasteiger partial charge in [-0.15, -0.1) is 0 Å². The van der Waals surface area contributed by atoms with Crippen LogP contribution < -0.4 is 5.32 Å².